The molecule has 0 amide bonds. The molecule has 0 saturated carbocycles. The van der Waals surface area contributed by atoms with Gasteiger partial charge in [-0.1, -0.05) is 43.7 Å². The van der Waals surface area contributed by atoms with Gasteiger partial charge in [0.25, 0.3) is 0 Å². The van der Waals surface area contributed by atoms with Crippen LogP contribution in [0.2, 0.25) is 0 Å². The zero-order chi connectivity index (χ0) is 14.9. The Bertz CT molecular complexity index is 424. The van der Waals surface area contributed by atoms with Crippen LogP contribution in [0.5, 0.6) is 0 Å². The third-order valence-electron chi connectivity index (χ3n) is 3.82. The van der Waals surface area contributed by atoms with Crippen molar-refractivity contribution in [3.05, 3.63) is 35.9 Å². The second-order valence-electron chi connectivity index (χ2n) is 5.45. The van der Waals surface area contributed by atoms with E-state index in [4.69, 9.17) is 5.84 Å². The molecule has 0 bridgehead atoms. The number of unbranched alkanes of at least 4 members (excludes halogenated alkanes) is 1. The number of hydrogen-bond donors (Lipinski definition) is 2. The van der Waals surface area contributed by atoms with E-state index >= 15 is 0 Å². The summed E-state index contributed by atoms with van der Waals surface area (Å²) in [5.74, 6) is 6.44. The standard InChI is InChI=1S/C16H27N5/c1-2-3-9-18-16(19-17)21-12-10-20(11-13-21)14-15-7-5-4-6-8-15/h4-8H,2-3,9-14,17H2,1H3,(H,18,19). The van der Waals surface area contributed by atoms with Gasteiger partial charge in [0.15, 0.2) is 0 Å². The van der Waals surface area contributed by atoms with Crippen molar-refractivity contribution in [1.82, 2.24) is 15.2 Å². The summed E-state index contributed by atoms with van der Waals surface area (Å²) in [5.41, 5.74) is 4.13. The second-order valence-corrected chi connectivity index (χ2v) is 5.45. The monoisotopic (exact) mass is 289 g/mol. The molecular weight excluding hydrogens is 262 g/mol. The highest BCUT2D eigenvalue weighted by Crippen LogP contribution is 2.08. The average molecular weight is 289 g/mol. The quantitative estimate of drug-likeness (QED) is 0.283. The first kappa shape index (κ1) is 15.8. The maximum atomic E-state index is 5.61. The van der Waals surface area contributed by atoms with Crippen molar-refractivity contribution in [3.8, 4) is 0 Å². The molecule has 5 nitrogen and oxygen atoms in total. The van der Waals surface area contributed by atoms with E-state index in [0.29, 0.717) is 0 Å². The van der Waals surface area contributed by atoms with E-state index in [0.717, 1.165) is 58.1 Å². The molecule has 0 spiro atoms. The first-order chi connectivity index (χ1) is 10.3. The fraction of sp³-hybridized carbons (Fsp3) is 0.562. The third-order valence-corrected chi connectivity index (χ3v) is 3.82. The SMILES string of the molecule is CCCCN=C(NN)N1CCN(Cc2ccccc2)CC1. The van der Waals surface area contributed by atoms with Gasteiger partial charge in [-0.25, -0.2) is 5.84 Å². The Kier molecular flexibility index (Phi) is 6.50. The van der Waals surface area contributed by atoms with Crippen LogP contribution in [-0.4, -0.2) is 48.5 Å². The van der Waals surface area contributed by atoms with E-state index in [1.165, 1.54) is 5.56 Å². The molecule has 0 aromatic heterocycles. The summed E-state index contributed by atoms with van der Waals surface area (Å²) in [6, 6.07) is 10.6. The minimum absolute atomic E-state index is 0.836. The second kappa shape index (κ2) is 8.64. The lowest BCUT2D eigenvalue weighted by Gasteiger charge is -2.36. The van der Waals surface area contributed by atoms with E-state index < -0.39 is 0 Å². The molecule has 1 aliphatic rings. The van der Waals surface area contributed by atoms with Crippen molar-refractivity contribution in [2.75, 3.05) is 32.7 Å². The lowest BCUT2D eigenvalue weighted by molar-refractivity contribution is 0.172. The smallest absolute Gasteiger partial charge is 0.208 e. The van der Waals surface area contributed by atoms with Crippen LogP contribution >= 0.6 is 0 Å². The Morgan fingerprint density at radius 2 is 1.90 bits per heavy atom. The van der Waals surface area contributed by atoms with Crippen LogP contribution in [0.15, 0.2) is 35.3 Å². The fourth-order valence-electron chi connectivity index (χ4n) is 2.54. The Hall–Kier alpha value is -1.59. The summed E-state index contributed by atoms with van der Waals surface area (Å²) < 4.78 is 0. The van der Waals surface area contributed by atoms with Gasteiger partial charge in [-0.2, -0.15) is 0 Å². The Balaban J connectivity index is 1.80. The minimum atomic E-state index is 0.836. The van der Waals surface area contributed by atoms with Gasteiger partial charge in [0.1, 0.15) is 0 Å². The number of rotatable bonds is 5. The molecule has 21 heavy (non-hydrogen) atoms. The fourth-order valence-corrected chi connectivity index (χ4v) is 2.54. The normalized spacial score (nSPS) is 17.0. The third kappa shape index (κ3) is 5.02. The van der Waals surface area contributed by atoms with Crippen molar-refractivity contribution in [3.63, 3.8) is 0 Å². The maximum absolute atomic E-state index is 5.61. The number of piperazine rings is 1. The molecule has 1 aromatic rings. The lowest BCUT2D eigenvalue weighted by Crippen LogP contribution is -2.53. The van der Waals surface area contributed by atoms with Gasteiger partial charge in [0, 0.05) is 39.3 Å². The van der Waals surface area contributed by atoms with Crippen molar-refractivity contribution < 1.29 is 0 Å². The predicted octanol–water partition coefficient (Wildman–Crippen LogP) is 1.42. The van der Waals surface area contributed by atoms with Crippen LogP contribution in [0.25, 0.3) is 0 Å². The van der Waals surface area contributed by atoms with Gasteiger partial charge in [0.2, 0.25) is 5.96 Å². The number of hydrogen-bond acceptors (Lipinski definition) is 3. The lowest BCUT2D eigenvalue weighted by atomic mass is 10.2. The van der Waals surface area contributed by atoms with E-state index in [2.05, 4.69) is 57.5 Å². The van der Waals surface area contributed by atoms with Crippen molar-refractivity contribution in [2.24, 2.45) is 10.8 Å². The molecule has 0 radical (unpaired) electrons. The largest absolute Gasteiger partial charge is 0.339 e. The minimum Gasteiger partial charge on any atom is -0.339 e. The Morgan fingerprint density at radius 1 is 1.19 bits per heavy atom. The topological polar surface area (TPSA) is 56.9 Å². The predicted molar refractivity (Wildman–Crippen MR) is 87.8 cm³/mol. The van der Waals surface area contributed by atoms with Crippen molar-refractivity contribution >= 4 is 5.96 Å². The van der Waals surface area contributed by atoms with Crippen molar-refractivity contribution in [1.29, 1.82) is 0 Å². The van der Waals surface area contributed by atoms with E-state index in [9.17, 15) is 0 Å². The molecular formula is C16H27N5. The van der Waals surface area contributed by atoms with Gasteiger partial charge in [-0.15, -0.1) is 0 Å². The average Bonchev–Trinajstić information content (AvgIpc) is 2.54. The molecule has 1 aliphatic heterocycles. The molecule has 116 valence electrons. The number of nitrogens with one attached hydrogen (secondary N) is 1. The first-order valence-electron chi connectivity index (χ1n) is 7.85. The molecule has 3 N–H and O–H groups in total. The highest BCUT2D eigenvalue weighted by atomic mass is 15.4. The molecule has 5 heteroatoms. The van der Waals surface area contributed by atoms with Gasteiger partial charge < -0.3 is 4.90 Å². The summed E-state index contributed by atoms with van der Waals surface area (Å²) in [4.78, 5) is 9.28. The highest BCUT2D eigenvalue weighted by Gasteiger charge is 2.19. The van der Waals surface area contributed by atoms with Crippen LogP contribution < -0.4 is 11.3 Å². The molecule has 0 atom stereocenters. The van der Waals surface area contributed by atoms with Gasteiger partial charge in [0.05, 0.1) is 0 Å². The number of hydrazine groups is 1. The summed E-state index contributed by atoms with van der Waals surface area (Å²) in [6.45, 7) is 8.08. The molecule has 0 aliphatic carbocycles. The van der Waals surface area contributed by atoms with Gasteiger partial charge in [-0.05, 0) is 12.0 Å². The Morgan fingerprint density at radius 3 is 2.52 bits per heavy atom. The molecule has 0 unspecified atom stereocenters. The number of nitrogens with zero attached hydrogens (tertiary/aromatic N) is 3. The number of aliphatic imine (C=N–C) groups is 1. The van der Waals surface area contributed by atoms with Gasteiger partial charge >= 0.3 is 0 Å². The van der Waals surface area contributed by atoms with Crippen molar-refractivity contribution in [2.45, 2.75) is 26.3 Å². The summed E-state index contributed by atoms with van der Waals surface area (Å²) in [5, 5.41) is 0. The summed E-state index contributed by atoms with van der Waals surface area (Å²) in [6.07, 6.45) is 2.27. The van der Waals surface area contributed by atoms with Crippen LogP contribution in [0.3, 0.4) is 0 Å². The molecule has 1 fully saturated rings. The maximum Gasteiger partial charge on any atom is 0.208 e. The molecule has 1 heterocycles. The van der Waals surface area contributed by atoms with Crippen LogP contribution in [0.1, 0.15) is 25.3 Å². The van der Waals surface area contributed by atoms with Crippen LogP contribution in [0, 0.1) is 0 Å². The molecule has 1 aromatic carbocycles. The highest BCUT2D eigenvalue weighted by molar-refractivity contribution is 5.79. The van der Waals surface area contributed by atoms with Gasteiger partial charge in [-0.3, -0.25) is 15.3 Å². The first-order valence-corrected chi connectivity index (χ1v) is 7.85. The summed E-state index contributed by atoms with van der Waals surface area (Å²) in [7, 11) is 0. The van der Waals surface area contributed by atoms with Crippen LogP contribution in [0.4, 0.5) is 0 Å². The number of nitrogens with two attached hydrogens (primary N) is 1. The number of guanidine groups is 1. The number of benzene rings is 1. The Labute approximate surface area is 127 Å². The molecule has 1 saturated heterocycles. The van der Waals surface area contributed by atoms with E-state index in [1.807, 2.05) is 0 Å². The zero-order valence-corrected chi connectivity index (χ0v) is 13.0. The zero-order valence-electron chi connectivity index (χ0n) is 13.0. The van der Waals surface area contributed by atoms with E-state index in [1.54, 1.807) is 0 Å². The summed E-state index contributed by atoms with van der Waals surface area (Å²) >= 11 is 0. The van der Waals surface area contributed by atoms with E-state index in [-0.39, 0.29) is 0 Å². The van der Waals surface area contributed by atoms with Crippen LogP contribution in [-0.2, 0) is 6.54 Å². The molecule has 2 rings (SSSR count).